The van der Waals surface area contributed by atoms with Gasteiger partial charge in [-0.25, -0.2) is 4.79 Å². The summed E-state index contributed by atoms with van der Waals surface area (Å²) in [5.74, 6) is 0.282. The molecule has 2 amide bonds. The number of nitrogens with two attached hydrogens (primary N) is 1. The van der Waals surface area contributed by atoms with Crippen LogP contribution in [0.2, 0.25) is 0 Å². The highest BCUT2D eigenvalue weighted by Crippen LogP contribution is 2.35. The molecule has 1 aliphatic rings. The second-order valence-electron chi connectivity index (χ2n) is 6.71. The van der Waals surface area contributed by atoms with Gasteiger partial charge in [0.15, 0.2) is 11.5 Å². The van der Waals surface area contributed by atoms with Crippen molar-refractivity contribution in [1.29, 1.82) is 0 Å². The molecule has 0 bridgehead atoms. The van der Waals surface area contributed by atoms with Crippen molar-refractivity contribution in [3.63, 3.8) is 0 Å². The number of alkyl carbamates (subject to hydrolysis) is 1. The SMILES string of the molecule is CCC(Cc1ccc2c(c1)OC(C(N)=O)O2)NC(=O)OC(C)(C)C. The number of rotatable bonds is 5. The highest BCUT2D eigenvalue weighted by atomic mass is 16.7. The van der Waals surface area contributed by atoms with Crippen molar-refractivity contribution >= 4 is 12.0 Å². The largest absolute Gasteiger partial charge is 0.444 e. The van der Waals surface area contributed by atoms with E-state index in [0.717, 1.165) is 12.0 Å². The van der Waals surface area contributed by atoms with E-state index in [1.54, 1.807) is 12.1 Å². The average Bonchev–Trinajstić information content (AvgIpc) is 2.88. The Balaban J connectivity index is 1.99. The van der Waals surface area contributed by atoms with Crippen LogP contribution in [-0.4, -0.2) is 29.9 Å². The minimum absolute atomic E-state index is 0.0767. The van der Waals surface area contributed by atoms with Crippen molar-refractivity contribution < 1.29 is 23.8 Å². The maximum Gasteiger partial charge on any atom is 0.407 e. The highest BCUT2D eigenvalue weighted by Gasteiger charge is 2.29. The van der Waals surface area contributed by atoms with E-state index in [9.17, 15) is 9.59 Å². The van der Waals surface area contributed by atoms with Crippen LogP contribution in [0.4, 0.5) is 4.79 Å². The van der Waals surface area contributed by atoms with Crippen molar-refractivity contribution in [3.05, 3.63) is 23.8 Å². The summed E-state index contributed by atoms with van der Waals surface area (Å²) in [7, 11) is 0. The lowest BCUT2D eigenvalue weighted by Crippen LogP contribution is -2.39. The van der Waals surface area contributed by atoms with Crippen LogP contribution >= 0.6 is 0 Å². The van der Waals surface area contributed by atoms with E-state index < -0.39 is 23.9 Å². The molecule has 0 saturated heterocycles. The van der Waals surface area contributed by atoms with Crippen LogP contribution in [0.15, 0.2) is 18.2 Å². The van der Waals surface area contributed by atoms with Gasteiger partial charge >= 0.3 is 12.4 Å². The third-order valence-electron chi connectivity index (χ3n) is 3.40. The topological polar surface area (TPSA) is 99.9 Å². The smallest absolute Gasteiger partial charge is 0.407 e. The quantitative estimate of drug-likeness (QED) is 0.858. The number of fused-ring (bicyclic) bond motifs is 1. The molecular weight excluding hydrogens is 312 g/mol. The van der Waals surface area contributed by atoms with E-state index in [-0.39, 0.29) is 6.04 Å². The summed E-state index contributed by atoms with van der Waals surface area (Å²) in [6, 6.07) is 5.31. The average molecular weight is 336 g/mol. The fourth-order valence-electron chi connectivity index (χ4n) is 2.30. The number of primary amides is 1. The number of nitrogens with one attached hydrogen (secondary N) is 1. The zero-order valence-corrected chi connectivity index (χ0v) is 14.4. The number of hydrogen-bond donors (Lipinski definition) is 2. The molecule has 0 fully saturated rings. The van der Waals surface area contributed by atoms with E-state index in [2.05, 4.69) is 5.32 Å². The zero-order chi connectivity index (χ0) is 17.9. The standard InChI is InChI=1S/C17H24N2O5/c1-5-11(19-16(21)24-17(2,3)4)8-10-6-7-12-13(9-10)23-15(22-12)14(18)20/h6-7,9,11,15H,5,8H2,1-4H3,(H2,18,20)(H,19,21). The molecule has 1 aliphatic heterocycles. The number of ether oxygens (including phenoxy) is 3. The molecule has 132 valence electrons. The molecule has 0 radical (unpaired) electrons. The van der Waals surface area contributed by atoms with E-state index in [4.69, 9.17) is 19.9 Å². The molecule has 1 aromatic carbocycles. The molecule has 24 heavy (non-hydrogen) atoms. The molecule has 2 atom stereocenters. The van der Waals surface area contributed by atoms with E-state index in [1.807, 2.05) is 33.8 Å². The predicted molar refractivity (Wildman–Crippen MR) is 87.8 cm³/mol. The van der Waals surface area contributed by atoms with Crippen LogP contribution in [0.25, 0.3) is 0 Å². The molecule has 2 unspecified atom stereocenters. The first-order valence-corrected chi connectivity index (χ1v) is 7.93. The Morgan fingerprint density at radius 1 is 1.29 bits per heavy atom. The fraction of sp³-hybridized carbons (Fsp3) is 0.529. The summed E-state index contributed by atoms with van der Waals surface area (Å²) >= 11 is 0. The summed E-state index contributed by atoms with van der Waals surface area (Å²) in [5, 5.41) is 2.86. The number of amides is 2. The lowest BCUT2D eigenvalue weighted by atomic mass is 10.0. The number of carbonyl (C=O) groups excluding carboxylic acids is 2. The molecule has 0 spiro atoms. The third-order valence-corrected chi connectivity index (χ3v) is 3.40. The summed E-state index contributed by atoms with van der Waals surface area (Å²) < 4.78 is 15.9. The van der Waals surface area contributed by atoms with Crippen LogP contribution < -0.4 is 20.5 Å². The Morgan fingerprint density at radius 2 is 1.96 bits per heavy atom. The number of carbonyl (C=O) groups is 2. The van der Waals surface area contributed by atoms with Crippen LogP contribution in [0.1, 0.15) is 39.7 Å². The Bertz CT molecular complexity index is 624. The summed E-state index contributed by atoms with van der Waals surface area (Å²) in [6.45, 7) is 7.44. The Kier molecular flexibility index (Phi) is 5.21. The molecule has 1 aromatic rings. The van der Waals surface area contributed by atoms with Crippen molar-refractivity contribution in [3.8, 4) is 11.5 Å². The molecule has 2 rings (SSSR count). The third kappa shape index (κ3) is 4.78. The van der Waals surface area contributed by atoms with Gasteiger partial charge in [0.1, 0.15) is 5.60 Å². The van der Waals surface area contributed by atoms with Gasteiger partial charge in [0.2, 0.25) is 0 Å². The van der Waals surface area contributed by atoms with Crippen LogP contribution in [0.5, 0.6) is 11.5 Å². The highest BCUT2D eigenvalue weighted by molar-refractivity contribution is 5.79. The maximum atomic E-state index is 11.9. The molecule has 0 saturated carbocycles. The normalized spacial score (nSPS) is 17.2. The Hall–Kier alpha value is -2.44. The Morgan fingerprint density at radius 3 is 2.54 bits per heavy atom. The van der Waals surface area contributed by atoms with Gasteiger partial charge in [0.25, 0.3) is 5.91 Å². The van der Waals surface area contributed by atoms with Gasteiger partial charge in [-0.05, 0) is 51.3 Å². The number of hydrogen-bond acceptors (Lipinski definition) is 5. The monoisotopic (exact) mass is 336 g/mol. The van der Waals surface area contributed by atoms with Gasteiger partial charge in [-0.15, -0.1) is 0 Å². The Labute approximate surface area is 141 Å². The van der Waals surface area contributed by atoms with E-state index in [0.29, 0.717) is 17.9 Å². The van der Waals surface area contributed by atoms with Crippen LogP contribution in [0, 0.1) is 0 Å². The van der Waals surface area contributed by atoms with Crippen molar-refractivity contribution in [2.24, 2.45) is 5.73 Å². The summed E-state index contributed by atoms with van der Waals surface area (Å²) in [5.41, 5.74) is 5.58. The molecule has 0 aromatic heterocycles. The second-order valence-corrected chi connectivity index (χ2v) is 6.71. The van der Waals surface area contributed by atoms with Gasteiger partial charge in [-0.1, -0.05) is 13.0 Å². The molecule has 3 N–H and O–H groups in total. The summed E-state index contributed by atoms with van der Waals surface area (Å²) in [6.07, 6.45) is -0.174. The predicted octanol–water partition coefficient (Wildman–Crippen LogP) is 2.11. The molecule has 7 nitrogen and oxygen atoms in total. The lowest BCUT2D eigenvalue weighted by molar-refractivity contribution is -0.133. The fourth-order valence-corrected chi connectivity index (χ4v) is 2.30. The van der Waals surface area contributed by atoms with Crippen LogP contribution in [0.3, 0.4) is 0 Å². The first kappa shape index (κ1) is 17.9. The van der Waals surface area contributed by atoms with Gasteiger partial charge < -0.3 is 25.3 Å². The van der Waals surface area contributed by atoms with Gasteiger partial charge in [-0.2, -0.15) is 0 Å². The van der Waals surface area contributed by atoms with Crippen molar-refractivity contribution in [1.82, 2.24) is 5.32 Å². The van der Waals surface area contributed by atoms with E-state index in [1.165, 1.54) is 0 Å². The summed E-state index contributed by atoms with van der Waals surface area (Å²) in [4.78, 5) is 23.0. The van der Waals surface area contributed by atoms with Gasteiger partial charge in [0, 0.05) is 6.04 Å². The van der Waals surface area contributed by atoms with Crippen molar-refractivity contribution in [2.75, 3.05) is 0 Å². The molecular formula is C17H24N2O5. The van der Waals surface area contributed by atoms with Crippen molar-refractivity contribution in [2.45, 2.75) is 58.5 Å². The minimum Gasteiger partial charge on any atom is -0.444 e. The number of benzene rings is 1. The maximum absolute atomic E-state index is 11.9. The van der Waals surface area contributed by atoms with Gasteiger partial charge in [-0.3, -0.25) is 4.79 Å². The molecule has 1 heterocycles. The zero-order valence-electron chi connectivity index (χ0n) is 14.4. The first-order valence-electron chi connectivity index (χ1n) is 7.93. The minimum atomic E-state index is -1.09. The lowest BCUT2D eigenvalue weighted by Gasteiger charge is -2.23. The van der Waals surface area contributed by atoms with Crippen LogP contribution in [-0.2, 0) is 16.0 Å². The molecule has 0 aliphatic carbocycles. The van der Waals surface area contributed by atoms with E-state index >= 15 is 0 Å². The van der Waals surface area contributed by atoms with Gasteiger partial charge in [0.05, 0.1) is 0 Å². The molecule has 7 heteroatoms. The second kappa shape index (κ2) is 6.98. The first-order chi connectivity index (χ1) is 11.2.